The van der Waals surface area contributed by atoms with Gasteiger partial charge in [-0.05, 0) is 19.1 Å². The van der Waals surface area contributed by atoms with E-state index in [-0.39, 0.29) is 5.75 Å². The molecule has 5 nitrogen and oxygen atoms in total. The quantitative estimate of drug-likeness (QED) is 0.478. The molecule has 0 aliphatic heterocycles. The standard InChI is InChI=1S/C9H11N3O2/c1-6(11-12-9(10)14)7-3-2-4-8(13)5-7/h2-5,13H,1H3,(H3,10,12,14)/b11-6-. The zero-order valence-corrected chi connectivity index (χ0v) is 7.69. The third kappa shape index (κ3) is 2.78. The summed E-state index contributed by atoms with van der Waals surface area (Å²) in [6.45, 7) is 1.70. The minimum atomic E-state index is -0.718. The fourth-order valence-electron chi connectivity index (χ4n) is 0.934. The van der Waals surface area contributed by atoms with Crippen molar-refractivity contribution in [3.8, 4) is 5.75 Å². The summed E-state index contributed by atoms with van der Waals surface area (Å²) in [5.74, 6) is 0.149. The second-order valence-electron chi connectivity index (χ2n) is 2.72. The average Bonchev–Trinajstić information content (AvgIpc) is 2.14. The smallest absolute Gasteiger partial charge is 0.332 e. The number of hydrazone groups is 1. The van der Waals surface area contributed by atoms with E-state index in [4.69, 9.17) is 5.73 Å². The lowest BCUT2D eigenvalue weighted by molar-refractivity contribution is 0.249. The van der Waals surface area contributed by atoms with E-state index in [9.17, 15) is 9.90 Å². The summed E-state index contributed by atoms with van der Waals surface area (Å²) in [5, 5.41) is 12.9. The predicted molar refractivity (Wildman–Crippen MR) is 53.0 cm³/mol. The molecule has 0 aromatic heterocycles. The summed E-state index contributed by atoms with van der Waals surface area (Å²) in [6, 6.07) is 5.83. The summed E-state index contributed by atoms with van der Waals surface area (Å²) < 4.78 is 0. The number of amides is 2. The lowest BCUT2D eigenvalue weighted by Gasteiger charge is -2.00. The molecule has 1 aromatic carbocycles. The first kappa shape index (κ1) is 10.0. The second kappa shape index (κ2) is 4.27. The zero-order chi connectivity index (χ0) is 10.6. The molecule has 0 aliphatic carbocycles. The van der Waals surface area contributed by atoms with Gasteiger partial charge in [0.15, 0.2) is 0 Å². The highest BCUT2D eigenvalue weighted by Gasteiger charge is 1.98. The highest BCUT2D eigenvalue weighted by molar-refractivity contribution is 5.99. The van der Waals surface area contributed by atoms with E-state index >= 15 is 0 Å². The molecule has 0 spiro atoms. The lowest BCUT2D eigenvalue weighted by atomic mass is 10.1. The van der Waals surface area contributed by atoms with Crippen LogP contribution in [0.3, 0.4) is 0 Å². The van der Waals surface area contributed by atoms with Crippen molar-refractivity contribution in [2.75, 3.05) is 0 Å². The number of phenolic OH excluding ortho intramolecular Hbond substituents is 1. The Labute approximate surface area is 81.2 Å². The molecule has 0 aliphatic rings. The van der Waals surface area contributed by atoms with Gasteiger partial charge in [0.05, 0.1) is 5.71 Å². The van der Waals surface area contributed by atoms with E-state index in [1.807, 2.05) is 0 Å². The van der Waals surface area contributed by atoms with Crippen LogP contribution >= 0.6 is 0 Å². The van der Waals surface area contributed by atoms with Crippen LogP contribution in [-0.4, -0.2) is 16.8 Å². The number of primary amides is 1. The van der Waals surface area contributed by atoms with Crippen molar-refractivity contribution < 1.29 is 9.90 Å². The van der Waals surface area contributed by atoms with Gasteiger partial charge in [0.25, 0.3) is 0 Å². The predicted octanol–water partition coefficient (Wildman–Crippen LogP) is 0.784. The van der Waals surface area contributed by atoms with Crippen molar-refractivity contribution in [3.63, 3.8) is 0 Å². The number of urea groups is 1. The third-order valence-corrected chi connectivity index (χ3v) is 1.60. The van der Waals surface area contributed by atoms with Crippen molar-refractivity contribution in [3.05, 3.63) is 29.8 Å². The van der Waals surface area contributed by atoms with Gasteiger partial charge >= 0.3 is 6.03 Å². The van der Waals surface area contributed by atoms with Gasteiger partial charge in [-0.1, -0.05) is 12.1 Å². The van der Waals surface area contributed by atoms with Crippen molar-refractivity contribution in [2.45, 2.75) is 6.92 Å². The zero-order valence-electron chi connectivity index (χ0n) is 7.69. The monoisotopic (exact) mass is 193 g/mol. The minimum Gasteiger partial charge on any atom is -0.508 e. The maximum absolute atomic E-state index is 10.4. The summed E-state index contributed by atoms with van der Waals surface area (Å²) in [5.41, 5.74) is 8.24. The molecule has 0 bridgehead atoms. The molecule has 0 fully saturated rings. The number of hydrogen-bond acceptors (Lipinski definition) is 3. The molecular weight excluding hydrogens is 182 g/mol. The van der Waals surface area contributed by atoms with Gasteiger partial charge < -0.3 is 10.8 Å². The van der Waals surface area contributed by atoms with Crippen LogP contribution < -0.4 is 11.2 Å². The number of nitrogens with two attached hydrogens (primary N) is 1. The van der Waals surface area contributed by atoms with Gasteiger partial charge in [-0.15, -0.1) is 0 Å². The van der Waals surface area contributed by atoms with E-state index in [0.29, 0.717) is 5.71 Å². The van der Waals surface area contributed by atoms with Crippen LogP contribution in [-0.2, 0) is 0 Å². The highest BCUT2D eigenvalue weighted by Crippen LogP contribution is 2.11. The number of nitrogens with one attached hydrogen (secondary N) is 1. The largest absolute Gasteiger partial charge is 0.508 e. The van der Waals surface area contributed by atoms with Crippen molar-refractivity contribution in [1.29, 1.82) is 0 Å². The van der Waals surface area contributed by atoms with Gasteiger partial charge in [0.1, 0.15) is 5.75 Å². The van der Waals surface area contributed by atoms with Gasteiger partial charge in [-0.3, -0.25) is 0 Å². The van der Waals surface area contributed by atoms with Gasteiger partial charge in [-0.25, -0.2) is 10.2 Å². The molecule has 0 radical (unpaired) electrons. The molecule has 2 amide bonds. The van der Waals surface area contributed by atoms with E-state index in [1.54, 1.807) is 31.2 Å². The van der Waals surface area contributed by atoms with Crippen LogP contribution in [0.4, 0.5) is 4.79 Å². The number of carbonyl (C=O) groups is 1. The SMILES string of the molecule is C/C(=N/NC(N)=O)c1cccc(O)c1. The number of carbonyl (C=O) groups excluding carboxylic acids is 1. The molecule has 14 heavy (non-hydrogen) atoms. The minimum absolute atomic E-state index is 0.149. The van der Waals surface area contributed by atoms with Crippen molar-refractivity contribution >= 4 is 11.7 Å². The summed E-state index contributed by atoms with van der Waals surface area (Å²) in [4.78, 5) is 10.4. The molecule has 5 heteroatoms. The summed E-state index contributed by atoms with van der Waals surface area (Å²) >= 11 is 0. The number of rotatable bonds is 2. The Kier molecular flexibility index (Phi) is 3.06. The molecule has 0 saturated carbocycles. The Bertz CT molecular complexity index is 374. The molecule has 0 atom stereocenters. The van der Waals surface area contributed by atoms with Crippen LogP contribution in [0.15, 0.2) is 29.4 Å². The van der Waals surface area contributed by atoms with E-state index in [0.717, 1.165) is 5.56 Å². The topological polar surface area (TPSA) is 87.7 Å². The fraction of sp³-hybridized carbons (Fsp3) is 0.111. The second-order valence-corrected chi connectivity index (χ2v) is 2.72. The van der Waals surface area contributed by atoms with Gasteiger partial charge in [0.2, 0.25) is 0 Å². The van der Waals surface area contributed by atoms with Crippen LogP contribution in [0, 0.1) is 0 Å². The van der Waals surface area contributed by atoms with Crippen LogP contribution in [0.1, 0.15) is 12.5 Å². The molecule has 0 unspecified atom stereocenters. The molecule has 1 aromatic rings. The van der Waals surface area contributed by atoms with Crippen molar-refractivity contribution in [1.82, 2.24) is 5.43 Å². The fourth-order valence-corrected chi connectivity index (χ4v) is 0.934. The molecule has 74 valence electrons. The Morgan fingerprint density at radius 2 is 2.29 bits per heavy atom. The number of aromatic hydroxyl groups is 1. The summed E-state index contributed by atoms with van der Waals surface area (Å²) in [6.07, 6.45) is 0. The van der Waals surface area contributed by atoms with Crippen molar-refractivity contribution in [2.24, 2.45) is 10.8 Å². The van der Waals surface area contributed by atoms with Crippen LogP contribution in [0.5, 0.6) is 5.75 Å². The van der Waals surface area contributed by atoms with Gasteiger partial charge in [-0.2, -0.15) is 5.10 Å². The number of phenols is 1. The Balaban J connectivity index is 2.83. The Morgan fingerprint density at radius 3 is 2.86 bits per heavy atom. The third-order valence-electron chi connectivity index (χ3n) is 1.60. The maximum Gasteiger partial charge on any atom is 0.332 e. The Morgan fingerprint density at radius 1 is 1.57 bits per heavy atom. The maximum atomic E-state index is 10.4. The van der Waals surface area contributed by atoms with E-state index in [2.05, 4.69) is 10.5 Å². The number of hydrogen-bond donors (Lipinski definition) is 3. The van der Waals surface area contributed by atoms with E-state index < -0.39 is 6.03 Å². The number of benzene rings is 1. The summed E-state index contributed by atoms with van der Waals surface area (Å²) in [7, 11) is 0. The van der Waals surface area contributed by atoms with Crippen LogP contribution in [0.2, 0.25) is 0 Å². The van der Waals surface area contributed by atoms with E-state index in [1.165, 1.54) is 0 Å². The first-order chi connectivity index (χ1) is 6.59. The highest BCUT2D eigenvalue weighted by atomic mass is 16.3. The lowest BCUT2D eigenvalue weighted by Crippen LogP contribution is -2.25. The van der Waals surface area contributed by atoms with Gasteiger partial charge in [0, 0.05) is 5.56 Å². The average molecular weight is 193 g/mol. The molecule has 0 saturated heterocycles. The molecular formula is C9H11N3O2. The number of nitrogens with zero attached hydrogens (tertiary/aromatic N) is 1. The first-order valence-corrected chi connectivity index (χ1v) is 3.98. The Hall–Kier alpha value is -2.04. The molecule has 0 heterocycles. The first-order valence-electron chi connectivity index (χ1n) is 3.98. The normalized spacial score (nSPS) is 11.1. The van der Waals surface area contributed by atoms with Crippen LogP contribution in [0.25, 0.3) is 0 Å². The molecule has 4 N–H and O–H groups in total. The molecule has 1 rings (SSSR count).